The lowest BCUT2D eigenvalue weighted by molar-refractivity contribution is 0.0695. The van der Waals surface area contributed by atoms with Crippen molar-refractivity contribution in [3.63, 3.8) is 0 Å². The Kier molecular flexibility index (Phi) is 4.27. The van der Waals surface area contributed by atoms with E-state index in [1.54, 1.807) is 19.2 Å². The first kappa shape index (κ1) is 14.6. The topological polar surface area (TPSA) is 70.5 Å². The van der Waals surface area contributed by atoms with Crippen LogP contribution in [-0.4, -0.2) is 33.9 Å². The van der Waals surface area contributed by atoms with Gasteiger partial charge in [-0.05, 0) is 23.8 Å². The minimum absolute atomic E-state index is 0.0466. The third-order valence-electron chi connectivity index (χ3n) is 2.97. The van der Waals surface area contributed by atoms with Crippen LogP contribution in [0, 0.1) is 5.82 Å². The van der Waals surface area contributed by atoms with E-state index in [-0.39, 0.29) is 17.7 Å². The fourth-order valence-corrected chi connectivity index (χ4v) is 1.85. The number of aromatic carboxylic acids is 1. The second-order valence-electron chi connectivity index (χ2n) is 4.52. The summed E-state index contributed by atoms with van der Waals surface area (Å²) < 4.78 is 13.5. The monoisotopic (exact) mass is 288 g/mol. The van der Waals surface area contributed by atoms with Gasteiger partial charge in [-0.3, -0.25) is 9.78 Å². The Morgan fingerprint density at radius 1 is 1.24 bits per heavy atom. The van der Waals surface area contributed by atoms with Crippen molar-refractivity contribution in [3.05, 3.63) is 65.2 Å². The van der Waals surface area contributed by atoms with Gasteiger partial charge in [0.2, 0.25) is 0 Å². The molecule has 0 saturated heterocycles. The third-order valence-corrected chi connectivity index (χ3v) is 2.97. The van der Waals surface area contributed by atoms with Gasteiger partial charge in [-0.2, -0.15) is 0 Å². The number of pyridine rings is 1. The summed E-state index contributed by atoms with van der Waals surface area (Å²) in [6.45, 7) is 0.250. The number of amides is 1. The Labute approximate surface area is 120 Å². The zero-order valence-electron chi connectivity index (χ0n) is 11.3. The first-order valence-corrected chi connectivity index (χ1v) is 6.16. The number of carbonyl (C=O) groups excluding carboxylic acids is 1. The zero-order chi connectivity index (χ0) is 15.4. The Morgan fingerprint density at radius 2 is 1.90 bits per heavy atom. The van der Waals surface area contributed by atoms with Crippen molar-refractivity contribution in [2.24, 2.45) is 0 Å². The summed E-state index contributed by atoms with van der Waals surface area (Å²) in [4.78, 5) is 27.8. The lowest BCUT2D eigenvalue weighted by Gasteiger charge is -2.17. The van der Waals surface area contributed by atoms with Gasteiger partial charge in [0.1, 0.15) is 0 Å². The predicted octanol–water partition coefficient (Wildman–Crippen LogP) is 2.19. The van der Waals surface area contributed by atoms with Crippen LogP contribution in [0.4, 0.5) is 4.39 Å². The van der Waals surface area contributed by atoms with Crippen molar-refractivity contribution in [2.45, 2.75) is 6.54 Å². The van der Waals surface area contributed by atoms with Crippen LogP contribution < -0.4 is 0 Å². The summed E-state index contributed by atoms with van der Waals surface area (Å²) in [7, 11) is 1.55. The normalized spacial score (nSPS) is 10.2. The number of nitrogens with zero attached hydrogens (tertiary/aromatic N) is 2. The third kappa shape index (κ3) is 3.42. The number of benzene rings is 1. The highest BCUT2D eigenvalue weighted by atomic mass is 19.1. The molecule has 1 N–H and O–H groups in total. The molecule has 0 atom stereocenters. The van der Waals surface area contributed by atoms with Crippen LogP contribution in [0.25, 0.3) is 0 Å². The van der Waals surface area contributed by atoms with Gasteiger partial charge >= 0.3 is 5.97 Å². The maximum atomic E-state index is 13.5. The molecule has 108 valence electrons. The van der Waals surface area contributed by atoms with Crippen LogP contribution in [0.1, 0.15) is 26.3 Å². The highest BCUT2D eigenvalue weighted by Gasteiger charge is 2.16. The van der Waals surface area contributed by atoms with E-state index in [4.69, 9.17) is 5.11 Å². The molecule has 21 heavy (non-hydrogen) atoms. The molecule has 0 fully saturated rings. The van der Waals surface area contributed by atoms with Crippen molar-refractivity contribution >= 4 is 11.9 Å². The Hall–Kier alpha value is -2.76. The molecule has 2 aromatic rings. The minimum Gasteiger partial charge on any atom is -0.478 e. The number of carboxylic acids is 1. The maximum absolute atomic E-state index is 13.5. The molecule has 0 aliphatic carbocycles. The van der Waals surface area contributed by atoms with Crippen molar-refractivity contribution in [3.8, 4) is 0 Å². The van der Waals surface area contributed by atoms with Crippen LogP contribution in [0.2, 0.25) is 0 Å². The number of rotatable bonds is 4. The van der Waals surface area contributed by atoms with E-state index >= 15 is 0 Å². The molecular weight excluding hydrogens is 275 g/mol. The van der Waals surface area contributed by atoms with E-state index in [0.29, 0.717) is 0 Å². The standard InChI is InChI=1S/C15H13FN2O3/c1-18(14(19)12-6-7-17-8-13(12)16)9-10-2-4-11(5-3-10)15(20)21/h2-8H,9H2,1H3,(H,20,21). The highest BCUT2D eigenvalue weighted by molar-refractivity contribution is 5.94. The average molecular weight is 288 g/mol. The summed E-state index contributed by atoms with van der Waals surface area (Å²) >= 11 is 0. The number of carboxylic acid groups (broad SMARTS) is 1. The van der Waals surface area contributed by atoms with Crippen molar-refractivity contribution in [1.82, 2.24) is 9.88 Å². The number of halogens is 1. The van der Waals surface area contributed by atoms with E-state index in [2.05, 4.69) is 4.98 Å². The van der Waals surface area contributed by atoms with E-state index in [0.717, 1.165) is 11.8 Å². The summed E-state index contributed by atoms with van der Waals surface area (Å²) in [5.74, 6) is -2.14. The van der Waals surface area contributed by atoms with Crippen LogP contribution in [0.5, 0.6) is 0 Å². The first-order valence-electron chi connectivity index (χ1n) is 6.16. The zero-order valence-corrected chi connectivity index (χ0v) is 11.3. The van der Waals surface area contributed by atoms with Crippen LogP contribution >= 0.6 is 0 Å². The smallest absolute Gasteiger partial charge is 0.335 e. The van der Waals surface area contributed by atoms with Crippen LogP contribution in [-0.2, 0) is 6.54 Å². The minimum atomic E-state index is -1.01. The maximum Gasteiger partial charge on any atom is 0.335 e. The van der Waals surface area contributed by atoms with Crippen molar-refractivity contribution < 1.29 is 19.1 Å². The van der Waals surface area contributed by atoms with E-state index in [1.165, 1.54) is 29.3 Å². The molecule has 2 rings (SSSR count). The number of hydrogen-bond donors (Lipinski definition) is 1. The molecule has 0 radical (unpaired) electrons. The quantitative estimate of drug-likeness (QED) is 0.936. The van der Waals surface area contributed by atoms with E-state index in [1.807, 2.05) is 0 Å². The number of aromatic nitrogens is 1. The lowest BCUT2D eigenvalue weighted by Crippen LogP contribution is -2.27. The first-order chi connectivity index (χ1) is 9.99. The van der Waals surface area contributed by atoms with Gasteiger partial charge in [0, 0.05) is 19.8 Å². The molecule has 1 amide bonds. The average Bonchev–Trinajstić information content (AvgIpc) is 2.47. The van der Waals surface area contributed by atoms with Gasteiger partial charge in [0.05, 0.1) is 17.3 Å². The van der Waals surface area contributed by atoms with E-state index < -0.39 is 17.7 Å². The number of hydrogen-bond acceptors (Lipinski definition) is 3. The summed E-state index contributed by atoms with van der Waals surface area (Å²) in [6.07, 6.45) is 2.34. The molecule has 5 nitrogen and oxygen atoms in total. The van der Waals surface area contributed by atoms with Gasteiger partial charge < -0.3 is 10.0 Å². The molecule has 0 aliphatic rings. The SMILES string of the molecule is CN(Cc1ccc(C(=O)O)cc1)C(=O)c1ccncc1F. The Morgan fingerprint density at radius 3 is 2.48 bits per heavy atom. The molecule has 1 aromatic carbocycles. The van der Waals surface area contributed by atoms with E-state index in [9.17, 15) is 14.0 Å². The summed E-state index contributed by atoms with van der Waals surface area (Å²) in [5.41, 5.74) is 0.882. The van der Waals surface area contributed by atoms with Gasteiger partial charge in [-0.15, -0.1) is 0 Å². The van der Waals surface area contributed by atoms with Crippen LogP contribution in [0.3, 0.4) is 0 Å². The molecule has 0 spiro atoms. The molecule has 1 aromatic heterocycles. The molecular formula is C15H13FN2O3. The summed E-state index contributed by atoms with van der Waals surface area (Å²) in [5, 5.41) is 8.81. The lowest BCUT2D eigenvalue weighted by atomic mass is 10.1. The fraction of sp³-hybridized carbons (Fsp3) is 0.133. The molecule has 1 heterocycles. The number of carbonyl (C=O) groups is 2. The molecule has 0 bridgehead atoms. The summed E-state index contributed by atoms with van der Waals surface area (Å²) in [6, 6.07) is 7.49. The largest absolute Gasteiger partial charge is 0.478 e. The molecule has 0 aliphatic heterocycles. The van der Waals surface area contributed by atoms with Gasteiger partial charge in [0.15, 0.2) is 5.82 Å². The fourth-order valence-electron chi connectivity index (χ4n) is 1.85. The van der Waals surface area contributed by atoms with Crippen molar-refractivity contribution in [1.29, 1.82) is 0 Å². The van der Waals surface area contributed by atoms with Crippen LogP contribution in [0.15, 0.2) is 42.7 Å². The predicted molar refractivity (Wildman–Crippen MR) is 73.4 cm³/mol. The second-order valence-corrected chi connectivity index (χ2v) is 4.52. The van der Waals surface area contributed by atoms with Crippen molar-refractivity contribution in [2.75, 3.05) is 7.05 Å². The van der Waals surface area contributed by atoms with Gasteiger partial charge in [0.25, 0.3) is 5.91 Å². The molecule has 6 heteroatoms. The van der Waals surface area contributed by atoms with Gasteiger partial charge in [-0.25, -0.2) is 9.18 Å². The Balaban J connectivity index is 2.10. The molecule has 0 saturated carbocycles. The molecule has 0 unspecified atom stereocenters. The Bertz CT molecular complexity index is 671. The second kappa shape index (κ2) is 6.13. The van der Waals surface area contributed by atoms with Gasteiger partial charge in [-0.1, -0.05) is 12.1 Å². The highest BCUT2D eigenvalue weighted by Crippen LogP contribution is 2.11.